The molecule has 0 aliphatic heterocycles. The van der Waals surface area contributed by atoms with Crippen molar-refractivity contribution >= 4 is 28.4 Å². The maximum Gasteiger partial charge on any atom is 0.339 e. The summed E-state index contributed by atoms with van der Waals surface area (Å²) >= 11 is 0. The second kappa shape index (κ2) is 5.33. The van der Waals surface area contributed by atoms with E-state index in [1.165, 1.54) is 14.2 Å². The van der Waals surface area contributed by atoms with E-state index in [0.29, 0.717) is 24.0 Å². The summed E-state index contributed by atoms with van der Waals surface area (Å²) in [6.45, 7) is 0. The van der Waals surface area contributed by atoms with Crippen LogP contribution in [0, 0.1) is 0 Å². The smallest absolute Gasteiger partial charge is 0.339 e. The largest absolute Gasteiger partial charge is 0.466 e. The van der Waals surface area contributed by atoms with E-state index >= 15 is 0 Å². The number of rotatable bonds is 2. The van der Waals surface area contributed by atoms with Crippen molar-refractivity contribution in [2.24, 2.45) is 7.05 Å². The van der Waals surface area contributed by atoms with Crippen molar-refractivity contribution in [2.75, 3.05) is 14.2 Å². The van der Waals surface area contributed by atoms with Crippen LogP contribution in [-0.2, 0) is 32.5 Å². The van der Waals surface area contributed by atoms with Gasteiger partial charge in [0.1, 0.15) is 0 Å². The fraction of sp³-hybridized carbons (Fsp3) is 0.294. The fourth-order valence-electron chi connectivity index (χ4n) is 3.19. The van der Waals surface area contributed by atoms with Crippen LogP contribution < -0.4 is 0 Å². The average Bonchev–Trinajstić information content (AvgIpc) is 2.86. The lowest BCUT2D eigenvalue weighted by atomic mass is 9.88. The number of esters is 2. The highest BCUT2D eigenvalue weighted by Crippen LogP contribution is 2.39. The number of fused-ring (bicyclic) bond motifs is 3. The number of methoxy groups -OCH3 is 2. The van der Waals surface area contributed by atoms with Gasteiger partial charge in [-0.05, 0) is 18.9 Å². The van der Waals surface area contributed by atoms with Crippen LogP contribution in [0.15, 0.2) is 29.8 Å². The Kier molecular flexibility index (Phi) is 3.48. The maximum atomic E-state index is 12.3. The lowest BCUT2D eigenvalue weighted by Gasteiger charge is -2.19. The van der Waals surface area contributed by atoms with Crippen LogP contribution in [-0.4, -0.2) is 30.7 Å². The molecule has 0 bridgehead atoms. The molecule has 1 aliphatic rings. The molecule has 0 radical (unpaired) electrons. The van der Waals surface area contributed by atoms with Gasteiger partial charge < -0.3 is 14.0 Å². The minimum atomic E-state index is -0.502. The summed E-state index contributed by atoms with van der Waals surface area (Å²) in [5, 5.41) is 0.946. The molecule has 1 heterocycles. The fourth-order valence-corrected chi connectivity index (χ4v) is 3.19. The normalized spacial score (nSPS) is 14.0. The van der Waals surface area contributed by atoms with E-state index in [1.54, 1.807) is 0 Å². The number of ether oxygens (including phenoxy) is 2. The summed E-state index contributed by atoms with van der Waals surface area (Å²) in [6.07, 6.45) is 1.15. The van der Waals surface area contributed by atoms with Crippen LogP contribution in [0.2, 0.25) is 0 Å². The Labute approximate surface area is 128 Å². The van der Waals surface area contributed by atoms with Crippen LogP contribution in [0.3, 0.4) is 0 Å². The first-order chi connectivity index (χ1) is 10.6. The van der Waals surface area contributed by atoms with Crippen molar-refractivity contribution in [3.63, 3.8) is 0 Å². The van der Waals surface area contributed by atoms with Crippen molar-refractivity contribution in [1.29, 1.82) is 0 Å². The van der Waals surface area contributed by atoms with Crippen LogP contribution in [0.25, 0.3) is 16.5 Å². The summed E-state index contributed by atoms with van der Waals surface area (Å²) in [5.41, 5.74) is 3.57. The van der Waals surface area contributed by atoms with E-state index in [2.05, 4.69) is 4.57 Å². The zero-order valence-corrected chi connectivity index (χ0v) is 12.8. The molecule has 22 heavy (non-hydrogen) atoms. The molecular formula is C17H17NO4. The summed E-state index contributed by atoms with van der Waals surface area (Å²) in [5.74, 6) is -0.975. The van der Waals surface area contributed by atoms with Crippen molar-refractivity contribution in [1.82, 2.24) is 4.57 Å². The predicted octanol–water partition coefficient (Wildman–Crippen LogP) is 2.22. The molecule has 0 spiro atoms. The summed E-state index contributed by atoms with van der Waals surface area (Å²) in [6, 6.07) is 7.83. The van der Waals surface area contributed by atoms with Crippen molar-refractivity contribution in [3.8, 4) is 0 Å². The molecule has 5 nitrogen and oxygen atoms in total. The molecule has 0 saturated heterocycles. The van der Waals surface area contributed by atoms with E-state index in [-0.39, 0.29) is 0 Å². The highest BCUT2D eigenvalue weighted by atomic mass is 16.5. The van der Waals surface area contributed by atoms with E-state index in [4.69, 9.17) is 9.47 Å². The standard InChI is InChI=1S/C17H17NO4/c1-18-12-7-5-4-6-10(12)14-13(18)9-8-11(16(19)21-2)15(14)17(20)22-3/h4-7H,8-9H2,1-3H3. The third kappa shape index (κ3) is 1.93. The first-order valence-electron chi connectivity index (χ1n) is 7.06. The molecule has 0 fully saturated rings. The van der Waals surface area contributed by atoms with Gasteiger partial charge in [-0.1, -0.05) is 18.2 Å². The number of carbonyl (C=O) groups is 2. The number of aryl methyl sites for hydroxylation is 1. The monoisotopic (exact) mass is 299 g/mol. The van der Waals surface area contributed by atoms with Gasteiger partial charge in [-0.2, -0.15) is 0 Å². The van der Waals surface area contributed by atoms with E-state index in [0.717, 1.165) is 22.2 Å². The van der Waals surface area contributed by atoms with Crippen molar-refractivity contribution < 1.29 is 19.1 Å². The molecule has 1 aliphatic carbocycles. The van der Waals surface area contributed by atoms with Crippen LogP contribution in [0.1, 0.15) is 17.7 Å². The lowest BCUT2D eigenvalue weighted by molar-refractivity contribution is -0.138. The zero-order valence-electron chi connectivity index (χ0n) is 12.8. The van der Waals surface area contributed by atoms with E-state index < -0.39 is 11.9 Å². The molecule has 5 heteroatoms. The summed E-state index contributed by atoms with van der Waals surface area (Å²) in [7, 11) is 4.62. The van der Waals surface area contributed by atoms with Crippen LogP contribution in [0.5, 0.6) is 0 Å². The maximum absolute atomic E-state index is 12.3. The third-order valence-corrected chi connectivity index (χ3v) is 4.21. The second-order valence-electron chi connectivity index (χ2n) is 5.23. The van der Waals surface area contributed by atoms with Gasteiger partial charge in [0.2, 0.25) is 0 Å². The Hall–Kier alpha value is -2.56. The van der Waals surface area contributed by atoms with Gasteiger partial charge >= 0.3 is 11.9 Å². The minimum Gasteiger partial charge on any atom is -0.466 e. The molecule has 0 saturated carbocycles. The quantitative estimate of drug-likeness (QED) is 0.798. The number of hydrogen-bond acceptors (Lipinski definition) is 4. The second-order valence-corrected chi connectivity index (χ2v) is 5.23. The zero-order chi connectivity index (χ0) is 15.9. The van der Waals surface area contributed by atoms with E-state index in [1.807, 2.05) is 31.3 Å². The van der Waals surface area contributed by atoms with Gasteiger partial charge in [-0.3, -0.25) is 0 Å². The lowest BCUT2D eigenvalue weighted by Crippen LogP contribution is -2.19. The van der Waals surface area contributed by atoms with Crippen molar-refractivity contribution in [2.45, 2.75) is 12.8 Å². The topological polar surface area (TPSA) is 57.5 Å². The van der Waals surface area contributed by atoms with Gasteiger partial charge in [-0.25, -0.2) is 9.59 Å². The number of carbonyl (C=O) groups excluding carboxylic acids is 2. The van der Waals surface area contributed by atoms with Gasteiger partial charge in [0.25, 0.3) is 0 Å². The number of para-hydroxylation sites is 1. The van der Waals surface area contributed by atoms with Crippen molar-refractivity contribution in [3.05, 3.63) is 41.1 Å². The van der Waals surface area contributed by atoms with Gasteiger partial charge in [0, 0.05) is 29.2 Å². The molecule has 3 rings (SSSR count). The molecule has 0 amide bonds. The molecule has 114 valence electrons. The Bertz CT molecular complexity index is 813. The van der Waals surface area contributed by atoms with Crippen LogP contribution >= 0.6 is 0 Å². The number of aromatic nitrogens is 1. The number of hydrogen-bond donors (Lipinski definition) is 0. The predicted molar refractivity (Wildman–Crippen MR) is 82.2 cm³/mol. The van der Waals surface area contributed by atoms with Gasteiger partial charge in [0.05, 0.1) is 25.4 Å². The molecule has 0 atom stereocenters. The molecule has 1 aromatic carbocycles. The summed E-state index contributed by atoms with van der Waals surface area (Å²) in [4.78, 5) is 24.4. The Morgan fingerprint density at radius 3 is 2.41 bits per heavy atom. The Morgan fingerprint density at radius 1 is 1.05 bits per heavy atom. The molecule has 2 aromatic rings. The van der Waals surface area contributed by atoms with E-state index in [9.17, 15) is 9.59 Å². The summed E-state index contributed by atoms with van der Waals surface area (Å²) < 4.78 is 11.8. The molecule has 0 N–H and O–H groups in total. The third-order valence-electron chi connectivity index (χ3n) is 4.21. The molecule has 0 unspecified atom stereocenters. The Morgan fingerprint density at radius 2 is 1.73 bits per heavy atom. The first-order valence-corrected chi connectivity index (χ1v) is 7.06. The van der Waals surface area contributed by atoms with Gasteiger partial charge in [0.15, 0.2) is 0 Å². The minimum absolute atomic E-state index is 0.326. The SMILES string of the molecule is COC(=O)C1=C(C(=O)OC)c2c(n(C)c3ccccc23)CC1. The van der Waals surface area contributed by atoms with Gasteiger partial charge in [-0.15, -0.1) is 0 Å². The number of nitrogens with zero attached hydrogens (tertiary/aromatic N) is 1. The average molecular weight is 299 g/mol. The number of benzene rings is 1. The van der Waals surface area contributed by atoms with Crippen LogP contribution in [0.4, 0.5) is 0 Å². The highest BCUT2D eigenvalue weighted by Gasteiger charge is 2.33. The Balaban J connectivity index is 2.38. The molecular weight excluding hydrogens is 282 g/mol. The molecule has 1 aromatic heterocycles. The highest BCUT2D eigenvalue weighted by molar-refractivity contribution is 6.26. The first kappa shape index (κ1) is 14.4.